The summed E-state index contributed by atoms with van der Waals surface area (Å²) in [4.78, 5) is 12.4. The Morgan fingerprint density at radius 2 is 1.96 bits per heavy atom. The molecular weight excluding hydrogens is 324 g/mol. The van der Waals surface area contributed by atoms with Crippen molar-refractivity contribution >= 4 is 5.91 Å². The number of nitrogens with zero attached hydrogens (tertiary/aromatic N) is 2. The molecule has 0 unspecified atom stereocenters. The summed E-state index contributed by atoms with van der Waals surface area (Å²) in [6, 6.07) is 5.33. The second-order valence-electron chi connectivity index (χ2n) is 6.57. The maximum atomic E-state index is 13.5. The number of carbonyl (C=O) groups excluding carboxylic acids is 1. The van der Waals surface area contributed by atoms with E-state index >= 15 is 0 Å². The van der Waals surface area contributed by atoms with E-state index in [1.54, 1.807) is 10.7 Å². The monoisotopic (exact) mass is 347 g/mol. The van der Waals surface area contributed by atoms with Gasteiger partial charge in [-0.3, -0.25) is 9.48 Å². The quantitative estimate of drug-likeness (QED) is 0.883. The SMILES string of the molecule is CCn1nc(C(=O)NCC2CCCCC2)cc1-c1ccc(F)c(F)c1. The topological polar surface area (TPSA) is 46.9 Å². The fraction of sp³-hybridized carbons (Fsp3) is 0.474. The maximum Gasteiger partial charge on any atom is 0.271 e. The molecule has 0 aliphatic heterocycles. The van der Waals surface area contributed by atoms with Gasteiger partial charge in [-0.05, 0) is 49.9 Å². The van der Waals surface area contributed by atoms with E-state index in [4.69, 9.17) is 0 Å². The van der Waals surface area contributed by atoms with Crippen molar-refractivity contribution in [3.8, 4) is 11.3 Å². The first-order chi connectivity index (χ1) is 12.1. The lowest BCUT2D eigenvalue weighted by Crippen LogP contribution is -2.30. The van der Waals surface area contributed by atoms with E-state index in [0.29, 0.717) is 36.0 Å². The Kier molecular flexibility index (Phi) is 5.46. The van der Waals surface area contributed by atoms with Gasteiger partial charge in [0.1, 0.15) is 0 Å². The molecule has 25 heavy (non-hydrogen) atoms. The summed E-state index contributed by atoms with van der Waals surface area (Å²) < 4.78 is 28.3. The number of rotatable bonds is 5. The van der Waals surface area contributed by atoms with Gasteiger partial charge in [0.2, 0.25) is 0 Å². The van der Waals surface area contributed by atoms with Crippen LogP contribution in [0.2, 0.25) is 0 Å². The van der Waals surface area contributed by atoms with Crippen LogP contribution in [-0.2, 0) is 6.54 Å². The highest BCUT2D eigenvalue weighted by Crippen LogP contribution is 2.24. The summed E-state index contributed by atoms with van der Waals surface area (Å²) in [5, 5.41) is 7.27. The van der Waals surface area contributed by atoms with Crippen LogP contribution in [-0.4, -0.2) is 22.2 Å². The summed E-state index contributed by atoms with van der Waals surface area (Å²) >= 11 is 0. The zero-order chi connectivity index (χ0) is 17.8. The summed E-state index contributed by atoms with van der Waals surface area (Å²) in [5.74, 6) is -1.49. The van der Waals surface area contributed by atoms with Gasteiger partial charge in [0.15, 0.2) is 17.3 Å². The number of hydrogen-bond donors (Lipinski definition) is 1. The zero-order valence-corrected chi connectivity index (χ0v) is 14.4. The lowest BCUT2D eigenvalue weighted by Gasteiger charge is -2.21. The number of aromatic nitrogens is 2. The van der Waals surface area contributed by atoms with Crippen molar-refractivity contribution in [1.29, 1.82) is 0 Å². The van der Waals surface area contributed by atoms with Crippen LogP contribution < -0.4 is 5.32 Å². The van der Waals surface area contributed by atoms with Crippen LogP contribution in [0.4, 0.5) is 8.78 Å². The number of nitrogens with one attached hydrogen (secondary N) is 1. The molecule has 1 amide bonds. The lowest BCUT2D eigenvalue weighted by molar-refractivity contribution is 0.0937. The fourth-order valence-corrected chi connectivity index (χ4v) is 3.38. The zero-order valence-electron chi connectivity index (χ0n) is 14.4. The smallest absolute Gasteiger partial charge is 0.271 e. The summed E-state index contributed by atoms with van der Waals surface area (Å²) in [7, 11) is 0. The average Bonchev–Trinajstić information content (AvgIpc) is 3.07. The van der Waals surface area contributed by atoms with Gasteiger partial charge in [-0.25, -0.2) is 8.78 Å². The Hall–Kier alpha value is -2.24. The number of carbonyl (C=O) groups is 1. The van der Waals surface area contributed by atoms with E-state index in [1.807, 2.05) is 6.92 Å². The fourth-order valence-electron chi connectivity index (χ4n) is 3.38. The van der Waals surface area contributed by atoms with E-state index in [0.717, 1.165) is 25.0 Å². The first-order valence-electron chi connectivity index (χ1n) is 8.90. The van der Waals surface area contributed by atoms with Gasteiger partial charge in [0.25, 0.3) is 5.91 Å². The lowest BCUT2D eigenvalue weighted by atomic mass is 9.89. The molecular formula is C19H23F2N3O. The first kappa shape index (κ1) is 17.6. The van der Waals surface area contributed by atoms with Crippen LogP contribution >= 0.6 is 0 Å². The highest BCUT2D eigenvalue weighted by Gasteiger charge is 2.18. The second-order valence-corrected chi connectivity index (χ2v) is 6.57. The molecule has 1 aliphatic rings. The average molecular weight is 347 g/mol. The number of hydrogen-bond acceptors (Lipinski definition) is 2. The minimum atomic E-state index is -0.912. The van der Waals surface area contributed by atoms with Crippen LogP contribution in [0.25, 0.3) is 11.3 Å². The first-order valence-corrected chi connectivity index (χ1v) is 8.90. The van der Waals surface area contributed by atoms with Crippen LogP contribution in [0.3, 0.4) is 0 Å². The van der Waals surface area contributed by atoms with E-state index in [1.165, 1.54) is 25.3 Å². The van der Waals surface area contributed by atoms with Gasteiger partial charge in [0, 0.05) is 18.7 Å². The predicted molar refractivity (Wildman–Crippen MR) is 92.2 cm³/mol. The molecule has 1 aromatic heterocycles. The van der Waals surface area contributed by atoms with Gasteiger partial charge in [-0.15, -0.1) is 0 Å². The largest absolute Gasteiger partial charge is 0.350 e. The van der Waals surface area contributed by atoms with Crippen molar-refractivity contribution in [2.75, 3.05) is 6.54 Å². The molecule has 3 rings (SSSR count). The van der Waals surface area contributed by atoms with Gasteiger partial charge in [-0.1, -0.05) is 19.3 Å². The van der Waals surface area contributed by atoms with Gasteiger partial charge >= 0.3 is 0 Å². The molecule has 0 bridgehead atoms. The predicted octanol–water partition coefficient (Wildman–Crippen LogP) is 4.16. The molecule has 4 nitrogen and oxygen atoms in total. The standard InChI is InChI=1S/C19H23F2N3O/c1-2-24-18(14-8-9-15(20)16(21)10-14)11-17(23-24)19(25)22-12-13-6-4-3-5-7-13/h8-11,13H,2-7,12H2,1H3,(H,22,25). The molecule has 1 heterocycles. The Bertz CT molecular complexity index is 751. The van der Waals surface area contributed by atoms with Crippen LogP contribution in [0, 0.1) is 17.6 Å². The number of benzene rings is 1. The molecule has 0 atom stereocenters. The molecule has 2 aromatic rings. The van der Waals surface area contributed by atoms with Crippen LogP contribution in [0.5, 0.6) is 0 Å². The number of amides is 1. The Balaban J connectivity index is 1.75. The molecule has 6 heteroatoms. The number of halogens is 2. The van der Waals surface area contributed by atoms with Gasteiger partial charge < -0.3 is 5.32 Å². The maximum absolute atomic E-state index is 13.5. The van der Waals surface area contributed by atoms with Crippen molar-refractivity contribution in [3.63, 3.8) is 0 Å². The van der Waals surface area contributed by atoms with Crippen LogP contribution in [0.15, 0.2) is 24.3 Å². The molecule has 1 saturated carbocycles. The Labute approximate surface area is 146 Å². The molecule has 1 aromatic carbocycles. The van der Waals surface area contributed by atoms with E-state index in [2.05, 4.69) is 10.4 Å². The molecule has 1 N–H and O–H groups in total. The second kappa shape index (κ2) is 7.76. The summed E-state index contributed by atoms with van der Waals surface area (Å²) in [6.45, 7) is 3.09. The third kappa shape index (κ3) is 4.06. The molecule has 0 spiro atoms. The third-order valence-electron chi connectivity index (χ3n) is 4.80. The van der Waals surface area contributed by atoms with Crippen molar-refractivity contribution < 1.29 is 13.6 Å². The van der Waals surface area contributed by atoms with Crippen molar-refractivity contribution in [2.45, 2.75) is 45.6 Å². The molecule has 0 saturated heterocycles. The minimum Gasteiger partial charge on any atom is -0.350 e. The normalized spacial score (nSPS) is 15.3. The summed E-state index contributed by atoms with van der Waals surface area (Å²) in [6.07, 6.45) is 6.05. The molecule has 1 aliphatic carbocycles. The molecule has 1 fully saturated rings. The number of aryl methyl sites for hydroxylation is 1. The van der Waals surface area contributed by atoms with E-state index in [-0.39, 0.29) is 5.91 Å². The molecule has 134 valence electrons. The van der Waals surface area contributed by atoms with Crippen molar-refractivity contribution in [2.24, 2.45) is 5.92 Å². The highest BCUT2D eigenvalue weighted by molar-refractivity contribution is 5.93. The van der Waals surface area contributed by atoms with Crippen molar-refractivity contribution in [3.05, 3.63) is 41.6 Å². The minimum absolute atomic E-state index is 0.221. The summed E-state index contributed by atoms with van der Waals surface area (Å²) in [5.41, 5.74) is 1.40. The molecule has 0 radical (unpaired) electrons. The highest BCUT2D eigenvalue weighted by atomic mass is 19.2. The van der Waals surface area contributed by atoms with Gasteiger partial charge in [-0.2, -0.15) is 5.10 Å². The van der Waals surface area contributed by atoms with Gasteiger partial charge in [0.05, 0.1) is 5.69 Å². The Morgan fingerprint density at radius 3 is 2.64 bits per heavy atom. The van der Waals surface area contributed by atoms with E-state index in [9.17, 15) is 13.6 Å². The van der Waals surface area contributed by atoms with Crippen LogP contribution in [0.1, 0.15) is 49.5 Å². The third-order valence-corrected chi connectivity index (χ3v) is 4.80. The van der Waals surface area contributed by atoms with Crippen molar-refractivity contribution in [1.82, 2.24) is 15.1 Å². The van der Waals surface area contributed by atoms with E-state index < -0.39 is 11.6 Å². The Morgan fingerprint density at radius 1 is 1.20 bits per heavy atom.